The number of aliphatic hydroxyl groups is 2. The van der Waals surface area contributed by atoms with Gasteiger partial charge in [-0.3, -0.25) is 4.21 Å². The van der Waals surface area contributed by atoms with Gasteiger partial charge in [-0.25, -0.2) is 8.42 Å². The molecule has 13 heavy (non-hydrogen) atoms. The first kappa shape index (κ1) is 24.3. The van der Waals surface area contributed by atoms with Crippen molar-refractivity contribution in [3.05, 3.63) is 0 Å². The minimum Gasteiger partial charge on any atom is -0.771 e. The number of hydrogen-bond acceptors (Lipinski definition) is 7. The van der Waals surface area contributed by atoms with Gasteiger partial charge in [0.1, 0.15) is 22.0 Å². The molecule has 0 amide bonds. The zero-order valence-electron chi connectivity index (χ0n) is 7.17. The molecular weight excluding hydrogens is 246 g/mol. The van der Waals surface area contributed by atoms with Gasteiger partial charge in [0.25, 0.3) is 0 Å². The summed E-state index contributed by atoms with van der Waals surface area (Å²) in [6, 6.07) is 0. The van der Waals surface area contributed by atoms with Gasteiger partial charge < -0.3 is 19.3 Å². The number of rotatable bonds is 2. The molecule has 0 fully saturated rings. The van der Waals surface area contributed by atoms with Crippen molar-refractivity contribution in [2.45, 2.75) is 0 Å². The van der Waals surface area contributed by atoms with Crippen LogP contribution in [0, 0.1) is 0 Å². The predicted octanol–water partition coefficient (Wildman–Crippen LogP) is -8.70. The number of aliphatic hydroxyl groups excluding tert-OH is 2. The molecule has 0 aliphatic rings. The third kappa shape index (κ3) is 41.3. The van der Waals surface area contributed by atoms with Crippen LogP contribution < -0.4 is 59.1 Å². The van der Waals surface area contributed by atoms with Crippen LogP contribution in [0.4, 0.5) is 0 Å². The van der Waals surface area contributed by atoms with Crippen LogP contribution in [0.15, 0.2) is 0 Å². The molecule has 0 saturated carbocycles. The zero-order chi connectivity index (χ0) is 9.49. The quantitative estimate of drug-likeness (QED) is 0.282. The molecule has 2 N–H and O–H groups in total. The summed E-state index contributed by atoms with van der Waals surface area (Å²) in [7, 11) is -4.36. The van der Waals surface area contributed by atoms with E-state index in [1.54, 1.807) is 0 Å². The molecule has 0 rings (SSSR count). The van der Waals surface area contributed by atoms with Crippen molar-refractivity contribution in [2.75, 3.05) is 11.9 Å². The van der Waals surface area contributed by atoms with Gasteiger partial charge in [0, 0.05) is 0 Å². The Morgan fingerprint density at radius 2 is 1.38 bits per heavy atom. The smallest absolute Gasteiger partial charge is 0.771 e. The first-order valence-electron chi connectivity index (χ1n) is 2.04. The van der Waals surface area contributed by atoms with Crippen molar-refractivity contribution in [1.82, 2.24) is 0 Å². The normalized spacial score (nSPS) is 11.1. The summed E-state index contributed by atoms with van der Waals surface area (Å²) in [4.78, 5) is 0. The molecule has 1 unspecified atom stereocenters. The van der Waals surface area contributed by atoms with Gasteiger partial charge >= 0.3 is 59.1 Å². The molecule has 0 aromatic heterocycles. The number of hydrogen-bond donors (Lipinski definition) is 2. The summed E-state index contributed by atoms with van der Waals surface area (Å²) in [5.74, 6) is -2.09. The fourth-order valence-corrected chi connectivity index (χ4v) is 0. The maximum absolute atomic E-state index is 9.19. The van der Waals surface area contributed by atoms with Crippen molar-refractivity contribution in [2.24, 2.45) is 0 Å². The maximum Gasteiger partial charge on any atom is 1.00 e. The fourth-order valence-electron chi connectivity index (χ4n) is 0. The van der Waals surface area contributed by atoms with E-state index in [9.17, 15) is 13.0 Å². The van der Waals surface area contributed by atoms with Crippen LogP contribution in [0.5, 0.6) is 0 Å². The zero-order valence-corrected chi connectivity index (χ0v) is 12.8. The molecule has 0 aromatic carbocycles. The molecule has 0 bridgehead atoms. The van der Waals surface area contributed by atoms with E-state index in [0.29, 0.717) is 0 Å². The van der Waals surface area contributed by atoms with E-state index in [-0.39, 0.29) is 59.1 Å². The second-order valence-corrected chi connectivity index (χ2v) is 3.36. The van der Waals surface area contributed by atoms with E-state index in [1.165, 1.54) is 0 Å². The molecule has 0 aliphatic carbocycles. The standard InChI is InChI=1S/CH4O4S.CH4O3S.2Na/c2-1-6(3,4)5;2-1-5(3)4;;/h2H,1H2,(H,3,4,5);2H,1H2,(H,3,4);;/q;;2*+1/p-2. The van der Waals surface area contributed by atoms with Crippen molar-refractivity contribution < 1.29 is 91.1 Å². The van der Waals surface area contributed by atoms with Crippen LogP contribution >= 0.6 is 0 Å². The van der Waals surface area contributed by atoms with Crippen molar-refractivity contribution in [3.63, 3.8) is 0 Å². The molecule has 1 atom stereocenters. The van der Waals surface area contributed by atoms with Crippen LogP contribution in [0.25, 0.3) is 0 Å². The van der Waals surface area contributed by atoms with Crippen molar-refractivity contribution >= 4 is 21.2 Å². The first-order chi connectivity index (χ1) is 4.83. The van der Waals surface area contributed by atoms with Gasteiger partial charge in [-0.2, -0.15) is 0 Å². The first-order valence-corrected chi connectivity index (χ1v) is 4.86. The average molecular weight is 252 g/mol. The third-order valence-corrected chi connectivity index (χ3v) is 0.791. The van der Waals surface area contributed by atoms with E-state index < -0.39 is 33.1 Å². The minimum atomic E-state index is -4.36. The predicted molar refractivity (Wildman–Crippen MR) is 32.8 cm³/mol. The van der Waals surface area contributed by atoms with Crippen molar-refractivity contribution in [3.8, 4) is 0 Å². The molecule has 0 saturated heterocycles. The van der Waals surface area contributed by atoms with Crippen molar-refractivity contribution in [1.29, 1.82) is 0 Å². The van der Waals surface area contributed by atoms with Crippen LogP contribution in [-0.4, -0.2) is 43.8 Å². The van der Waals surface area contributed by atoms with Gasteiger partial charge in [-0.05, 0) is 11.1 Å². The van der Waals surface area contributed by atoms with Gasteiger partial charge in [0.05, 0.1) is 0 Å². The molecule has 7 nitrogen and oxygen atoms in total. The van der Waals surface area contributed by atoms with Gasteiger partial charge in [0.15, 0.2) is 0 Å². The van der Waals surface area contributed by atoms with Gasteiger partial charge in [-0.15, -0.1) is 0 Å². The minimum absolute atomic E-state index is 0. The Kier molecular flexibility index (Phi) is 26.0. The van der Waals surface area contributed by atoms with Gasteiger partial charge in [0.2, 0.25) is 0 Å². The summed E-state index contributed by atoms with van der Waals surface area (Å²) < 4.78 is 45.8. The molecule has 0 aromatic rings. The van der Waals surface area contributed by atoms with Crippen LogP contribution in [-0.2, 0) is 21.2 Å². The monoisotopic (exact) mass is 252 g/mol. The molecule has 0 aliphatic heterocycles. The van der Waals surface area contributed by atoms with Crippen LogP contribution in [0.3, 0.4) is 0 Å². The molecule has 11 heteroatoms. The van der Waals surface area contributed by atoms with Crippen LogP contribution in [0.2, 0.25) is 0 Å². The topological polar surface area (TPSA) is 138 Å². The van der Waals surface area contributed by atoms with Crippen LogP contribution in [0.1, 0.15) is 0 Å². The SMILES string of the molecule is O=S(=O)([O-])CO.O=S([O-])CO.[Na+].[Na+]. The van der Waals surface area contributed by atoms with E-state index in [4.69, 9.17) is 19.0 Å². The Hall–Kier alpha value is 1.94. The summed E-state index contributed by atoms with van der Waals surface area (Å²) >= 11 is -2.27. The fraction of sp³-hybridized carbons (Fsp3) is 1.00. The second kappa shape index (κ2) is 13.9. The summed E-state index contributed by atoms with van der Waals surface area (Å²) in [5.41, 5.74) is 0. The van der Waals surface area contributed by atoms with E-state index in [0.717, 1.165) is 0 Å². The Labute approximate surface area is 123 Å². The molecule has 0 radical (unpaired) electrons. The summed E-state index contributed by atoms with van der Waals surface area (Å²) in [6.45, 7) is 0. The largest absolute Gasteiger partial charge is 1.00 e. The van der Waals surface area contributed by atoms with E-state index >= 15 is 0 Å². The third-order valence-electron chi connectivity index (χ3n) is 0.264. The summed E-state index contributed by atoms with van der Waals surface area (Å²) in [6.07, 6.45) is 0. The summed E-state index contributed by atoms with van der Waals surface area (Å²) in [5, 5.41) is 15.0. The molecule has 0 spiro atoms. The Balaban J connectivity index is -0.0000000546. The molecule has 0 heterocycles. The maximum atomic E-state index is 9.19. The molecular formula is C2H6Na2O7S2. The average Bonchev–Trinajstić information content (AvgIpc) is 1.88. The second-order valence-electron chi connectivity index (χ2n) is 1.12. The Morgan fingerprint density at radius 3 is 1.38 bits per heavy atom. The Bertz CT molecular complexity index is 201. The Morgan fingerprint density at radius 1 is 1.23 bits per heavy atom. The molecule has 70 valence electrons. The van der Waals surface area contributed by atoms with E-state index in [1.807, 2.05) is 0 Å². The van der Waals surface area contributed by atoms with E-state index in [2.05, 4.69) is 0 Å². The van der Waals surface area contributed by atoms with Gasteiger partial charge in [-0.1, -0.05) is 0 Å².